The van der Waals surface area contributed by atoms with Crippen molar-refractivity contribution in [3.8, 4) is 11.4 Å². The molecule has 0 radical (unpaired) electrons. The number of rotatable bonds is 4. The van der Waals surface area contributed by atoms with Crippen LogP contribution in [0, 0.1) is 0 Å². The van der Waals surface area contributed by atoms with E-state index in [-0.39, 0.29) is 12.5 Å². The summed E-state index contributed by atoms with van der Waals surface area (Å²) in [5, 5.41) is 21.8. The Morgan fingerprint density at radius 3 is 2.71 bits per heavy atom. The van der Waals surface area contributed by atoms with Gasteiger partial charge in [0.25, 0.3) is 0 Å². The number of carboxylic acid groups (broad SMARTS) is 1. The van der Waals surface area contributed by atoms with Gasteiger partial charge in [-0.3, -0.25) is 4.79 Å². The second-order valence-electron chi connectivity index (χ2n) is 5.59. The zero-order valence-corrected chi connectivity index (χ0v) is 13.6. The Balaban J connectivity index is 1.70. The van der Waals surface area contributed by atoms with Gasteiger partial charge < -0.3 is 10.0 Å². The molecule has 1 aromatic carbocycles. The molecule has 1 atom stereocenters. The highest BCUT2D eigenvalue weighted by atomic mass is 35.5. The molecule has 3 rings (SSSR count). The molecule has 2 aromatic rings. The second kappa shape index (κ2) is 6.96. The number of amides is 1. The molecule has 2 heterocycles. The number of aromatic nitrogens is 4. The van der Waals surface area contributed by atoms with Crippen molar-refractivity contribution in [3.63, 3.8) is 0 Å². The highest BCUT2D eigenvalue weighted by molar-refractivity contribution is 6.30. The predicted octanol–water partition coefficient (Wildman–Crippen LogP) is 1.46. The fourth-order valence-corrected chi connectivity index (χ4v) is 2.85. The van der Waals surface area contributed by atoms with E-state index in [0.29, 0.717) is 23.8 Å². The standard InChI is InChI=1S/C15H16ClN5O3/c16-11-6-4-10(5-7-11)14-17-19-21(18-14)9-13(22)20-8-2-1-3-12(20)15(23)24/h4-7,12H,1-3,8-9H2,(H,23,24)/t12-/m1/s1. The molecule has 8 nitrogen and oxygen atoms in total. The average molecular weight is 350 g/mol. The minimum atomic E-state index is -0.976. The number of hydrogen-bond acceptors (Lipinski definition) is 5. The number of aliphatic carboxylic acids is 1. The van der Waals surface area contributed by atoms with Gasteiger partial charge in [-0.1, -0.05) is 11.6 Å². The van der Waals surface area contributed by atoms with Crippen molar-refractivity contribution in [1.29, 1.82) is 0 Å². The Kier molecular flexibility index (Phi) is 4.75. The highest BCUT2D eigenvalue weighted by Crippen LogP contribution is 2.19. The SMILES string of the molecule is O=C(O)[C@H]1CCCCN1C(=O)Cn1nnc(-c2ccc(Cl)cc2)n1. The van der Waals surface area contributed by atoms with Gasteiger partial charge >= 0.3 is 5.97 Å². The summed E-state index contributed by atoms with van der Waals surface area (Å²) in [7, 11) is 0. The van der Waals surface area contributed by atoms with Crippen molar-refractivity contribution in [3.05, 3.63) is 29.3 Å². The number of halogens is 1. The van der Waals surface area contributed by atoms with Crippen molar-refractivity contribution in [2.24, 2.45) is 0 Å². The molecular formula is C15H16ClN5O3. The molecule has 1 N–H and O–H groups in total. The zero-order valence-electron chi connectivity index (χ0n) is 12.8. The Bertz CT molecular complexity index is 746. The number of likely N-dealkylation sites (tertiary alicyclic amines) is 1. The van der Waals surface area contributed by atoms with Crippen molar-refractivity contribution in [2.75, 3.05) is 6.54 Å². The lowest BCUT2D eigenvalue weighted by molar-refractivity contribution is -0.152. The number of carbonyl (C=O) groups excluding carboxylic acids is 1. The van der Waals surface area contributed by atoms with E-state index >= 15 is 0 Å². The lowest BCUT2D eigenvalue weighted by Gasteiger charge is -2.32. The van der Waals surface area contributed by atoms with E-state index in [4.69, 9.17) is 11.6 Å². The maximum Gasteiger partial charge on any atom is 0.326 e. The van der Waals surface area contributed by atoms with E-state index in [0.717, 1.165) is 18.4 Å². The number of carbonyl (C=O) groups is 2. The molecule has 126 valence electrons. The largest absolute Gasteiger partial charge is 0.480 e. The first-order valence-electron chi connectivity index (χ1n) is 7.60. The fourth-order valence-electron chi connectivity index (χ4n) is 2.72. The fraction of sp³-hybridized carbons (Fsp3) is 0.400. The average Bonchev–Trinajstić information content (AvgIpc) is 3.04. The van der Waals surface area contributed by atoms with Gasteiger partial charge in [-0.15, -0.1) is 10.2 Å². The first kappa shape index (κ1) is 16.4. The Labute approximate surface area is 143 Å². The zero-order chi connectivity index (χ0) is 17.1. The van der Waals surface area contributed by atoms with Crippen LogP contribution in [0.5, 0.6) is 0 Å². The number of tetrazole rings is 1. The van der Waals surface area contributed by atoms with Crippen LogP contribution in [-0.2, 0) is 16.1 Å². The summed E-state index contributed by atoms with van der Waals surface area (Å²) >= 11 is 5.84. The molecule has 0 unspecified atom stereocenters. The first-order chi connectivity index (χ1) is 11.5. The minimum Gasteiger partial charge on any atom is -0.480 e. The van der Waals surface area contributed by atoms with Gasteiger partial charge in [0.2, 0.25) is 11.7 Å². The second-order valence-corrected chi connectivity index (χ2v) is 6.02. The van der Waals surface area contributed by atoms with Crippen LogP contribution in [-0.4, -0.2) is 54.7 Å². The molecule has 1 aliphatic rings. The van der Waals surface area contributed by atoms with Crippen molar-refractivity contribution >= 4 is 23.5 Å². The molecule has 1 aliphatic heterocycles. The van der Waals surface area contributed by atoms with Crippen LogP contribution < -0.4 is 0 Å². The summed E-state index contributed by atoms with van der Waals surface area (Å²) in [5.74, 6) is -0.911. The van der Waals surface area contributed by atoms with Crippen molar-refractivity contribution in [2.45, 2.75) is 31.8 Å². The quantitative estimate of drug-likeness (QED) is 0.896. The summed E-state index contributed by atoms with van der Waals surface area (Å²) in [4.78, 5) is 26.2. The van der Waals surface area contributed by atoms with E-state index in [9.17, 15) is 14.7 Å². The summed E-state index contributed by atoms with van der Waals surface area (Å²) in [6.07, 6.45) is 2.08. The molecule has 0 saturated carbocycles. The van der Waals surface area contributed by atoms with E-state index < -0.39 is 12.0 Å². The molecule has 9 heteroatoms. The van der Waals surface area contributed by atoms with Gasteiger partial charge in [0.15, 0.2) is 0 Å². The summed E-state index contributed by atoms with van der Waals surface area (Å²) < 4.78 is 0. The third-order valence-corrected chi connectivity index (χ3v) is 4.19. The van der Waals surface area contributed by atoms with Crippen LogP contribution in [0.4, 0.5) is 0 Å². The monoisotopic (exact) mass is 349 g/mol. The molecule has 1 fully saturated rings. The third kappa shape index (κ3) is 3.53. The number of carboxylic acids is 1. The molecule has 0 spiro atoms. The predicted molar refractivity (Wildman–Crippen MR) is 85.3 cm³/mol. The van der Waals surface area contributed by atoms with Crippen LogP contribution in [0.2, 0.25) is 5.02 Å². The van der Waals surface area contributed by atoms with E-state index in [1.165, 1.54) is 9.70 Å². The molecule has 0 bridgehead atoms. The molecule has 1 saturated heterocycles. The Morgan fingerprint density at radius 1 is 1.25 bits per heavy atom. The smallest absolute Gasteiger partial charge is 0.326 e. The van der Waals surface area contributed by atoms with Gasteiger partial charge in [0.1, 0.15) is 12.6 Å². The summed E-state index contributed by atoms with van der Waals surface area (Å²) in [6.45, 7) is 0.304. The number of piperidine rings is 1. The maximum atomic E-state index is 12.4. The van der Waals surface area contributed by atoms with Gasteiger partial charge in [0, 0.05) is 17.1 Å². The molecule has 1 amide bonds. The van der Waals surface area contributed by atoms with E-state index in [2.05, 4.69) is 15.4 Å². The van der Waals surface area contributed by atoms with Gasteiger partial charge in [-0.25, -0.2) is 4.79 Å². The number of hydrogen-bond donors (Lipinski definition) is 1. The topological polar surface area (TPSA) is 101 Å². The lowest BCUT2D eigenvalue weighted by atomic mass is 10.0. The van der Waals surface area contributed by atoms with Crippen molar-refractivity contribution < 1.29 is 14.7 Å². The Hall–Kier alpha value is -2.48. The number of benzene rings is 1. The molecule has 24 heavy (non-hydrogen) atoms. The minimum absolute atomic E-state index is 0.135. The van der Waals surface area contributed by atoms with E-state index in [1.807, 2.05) is 0 Å². The molecule has 1 aromatic heterocycles. The van der Waals surface area contributed by atoms with Crippen molar-refractivity contribution in [1.82, 2.24) is 25.1 Å². The first-order valence-corrected chi connectivity index (χ1v) is 7.98. The van der Waals surface area contributed by atoms with Crippen LogP contribution in [0.15, 0.2) is 24.3 Å². The maximum absolute atomic E-state index is 12.4. The van der Waals surface area contributed by atoms with Crippen LogP contribution >= 0.6 is 11.6 Å². The lowest BCUT2D eigenvalue weighted by Crippen LogP contribution is -2.49. The van der Waals surface area contributed by atoms with Gasteiger partial charge in [0.05, 0.1) is 0 Å². The van der Waals surface area contributed by atoms with Crippen LogP contribution in [0.3, 0.4) is 0 Å². The van der Waals surface area contributed by atoms with E-state index in [1.54, 1.807) is 24.3 Å². The van der Waals surface area contributed by atoms with Crippen LogP contribution in [0.1, 0.15) is 19.3 Å². The van der Waals surface area contributed by atoms with Gasteiger partial charge in [-0.2, -0.15) is 4.80 Å². The molecular weight excluding hydrogens is 334 g/mol. The summed E-state index contributed by atoms with van der Waals surface area (Å²) in [6, 6.07) is 6.18. The van der Waals surface area contributed by atoms with Gasteiger partial charge in [-0.05, 0) is 48.7 Å². The molecule has 0 aliphatic carbocycles. The summed E-state index contributed by atoms with van der Waals surface area (Å²) in [5.41, 5.74) is 0.736. The Morgan fingerprint density at radius 2 is 2.00 bits per heavy atom. The highest BCUT2D eigenvalue weighted by Gasteiger charge is 2.32. The number of nitrogens with zero attached hydrogens (tertiary/aromatic N) is 5. The third-order valence-electron chi connectivity index (χ3n) is 3.94. The van der Waals surface area contributed by atoms with Crippen LogP contribution in [0.25, 0.3) is 11.4 Å². The normalized spacial score (nSPS) is 17.7.